The molecule has 0 aliphatic heterocycles. The summed E-state index contributed by atoms with van der Waals surface area (Å²) in [6, 6.07) is 18.2. The van der Waals surface area contributed by atoms with Crippen molar-refractivity contribution in [1.29, 1.82) is 5.41 Å². The molecule has 0 saturated carbocycles. The SMILES string of the molecule is CCOc1cccc(NC(=O)c2ccc3ccc(C(=N)N)cc3c2)c1. The maximum absolute atomic E-state index is 12.5. The number of rotatable bonds is 5. The van der Waals surface area contributed by atoms with Gasteiger partial charge in [-0.3, -0.25) is 10.2 Å². The summed E-state index contributed by atoms with van der Waals surface area (Å²) in [4.78, 5) is 12.5. The van der Waals surface area contributed by atoms with Gasteiger partial charge in [0.15, 0.2) is 0 Å². The fourth-order valence-electron chi connectivity index (χ4n) is 2.59. The molecule has 5 nitrogen and oxygen atoms in total. The van der Waals surface area contributed by atoms with Crippen LogP contribution in [-0.2, 0) is 0 Å². The lowest BCUT2D eigenvalue weighted by atomic mass is 10.0. The molecule has 5 heteroatoms. The summed E-state index contributed by atoms with van der Waals surface area (Å²) >= 11 is 0. The molecule has 1 amide bonds. The third-order valence-corrected chi connectivity index (χ3v) is 3.82. The van der Waals surface area contributed by atoms with Gasteiger partial charge in [-0.05, 0) is 48.0 Å². The largest absolute Gasteiger partial charge is 0.494 e. The first-order chi connectivity index (χ1) is 12.1. The molecule has 0 bridgehead atoms. The number of amidine groups is 1. The van der Waals surface area contributed by atoms with Crippen LogP contribution in [-0.4, -0.2) is 18.3 Å². The monoisotopic (exact) mass is 333 g/mol. The lowest BCUT2D eigenvalue weighted by molar-refractivity contribution is 0.102. The van der Waals surface area contributed by atoms with Gasteiger partial charge in [-0.2, -0.15) is 0 Å². The number of nitrogens with two attached hydrogens (primary N) is 1. The molecule has 0 aliphatic carbocycles. The number of hydrogen-bond acceptors (Lipinski definition) is 3. The van der Waals surface area contributed by atoms with Crippen LogP contribution in [0.5, 0.6) is 5.75 Å². The van der Waals surface area contributed by atoms with E-state index in [0.717, 1.165) is 10.8 Å². The number of carbonyl (C=O) groups is 1. The van der Waals surface area contributed by atoms with Gasteiger partial charge in [0.05, 0.1) is 6.61 Å². The Kier molecular flexibility index (Phi) is 4.66. The average Bonchev–Trinajstić information content (AvgIpc) is 2.61. The first kappa shape index (κ1) is 16.5. The Labute approximate surface area is 145 Å². The zero-order chi connectivity index (χ0) is 17.8. The lowest BCUT2D eigenvalue weighted by Gasteiger charge is -2.09. The van der Waals surface area contributed by atoms with Crippen molar-refractivity contribution >= 4 is 28.2 Å². The van der Waals surface area contributed by atoms with E-state index in [1.54, 1.807) is 24.3 Å². The summed E-state index contributed by atoms with van der Waals surface area (Å²) in [6.45, 7) is 2.48. The minimum absolute atomic E-state index is 0.00416. The molecule has 0 fully saturated rings. The molecule has 3 rings (SSSR count). The fraction of sp³-hybridized carbons (Fsp3) is 0.100. The first-order valence-corrected chi connectivity index (χ1v) is 7.99. The molecule has 126 valence electrons. The number of carbonyl (C=O) groups excluding carboxylic acids is 1. The van der Waals surface area contributed by atoms with Crippen LogP contribution in [0.4, 0.5) is 5.69 Å². The minimum Gasteiger partial charge on any atom is -0.494 e. The Morgan fingerprint density at radius 2 is 1.76 bits per heavy atom. The number of anilines is 1. The van der Waals surface area contributed by atoms with E-state index in [0.29, 0.717) is 29.2 Å². The molecule has 0 aliphatic rings. The summed E-state index contributed by atoms with van der Waals surface area (Å²) in [6.07, 6.45) is 0. The van der Waals surface area contributed by atoms with Crippen LogP contribution in [0.1, 0.15) is 22.8 Å². The standard InChI is InChI=1S/C20H19N3O2/c1-2-25-18-5-3-4-17(12-18)23-20(24)15-9-7-13-6-8-14(19(21)22)10-16(13)11-15/h3-12H,2H2,1H3,(H3,21,22)(H,23,24). The van der Waals surface area contributed by atoms with Crippen molar-refractivity contribution in [2.75, 3.05) is 11.9 Å². The summed E-state index contributed by atoms with van der Waals surface area (Å²) in [5.41, 5.74) is 7.38. The van der Waals surface area contributed by atoms with Crippen LogP contribution in [0.25, 0.3) is 10.8 Å². The van der Waals surface area contributed by atoms with Gasteiger partial charge in [0, 0.05) is 22.9 Å². The van der Waals surface area contributed by atoms with Crippen LogP contribution in [0.15, 0.2) is 60.7 Å². The van der Waals surface area contributed by atoms with Crippen LogP contribution in [0, 0.1) is 5.41 Å². The van der Waals surface area contributed by atoms with Gasteiger partial charge in [-0.1, -0.05) is 24.3 Å². The quantitative estimate of drug-likeness (QED) is 0.490. The highest BCUT2D eigenvalue weighted by Gasteiger charge is 2.08. The van der Waals surface area contributed by atoms with Gasteiger partial charge in [0.1, 0.15) is 11.6 Å². The summed E-state index contributed by atoms with van der Waals surface area (Å²) in [7, 11) is 0. The summed E-state index contributed by atoms with van der Waals surface area (Å²) in [5.74, 6) is 0.512. The predicted octanol–water partition coefficient (Wildman–Crippen LogP) is 3.77. The topological polar surface area (TPSA) is 88.2 Å². The second-order valence-electron chi connectivity index (χ2n) is 5.61. The smallest absolute Gasteiger partial charge is 0.255 e. The van der Waals surface area contributed by atoms with Crippen molar-refractivity contribution in [3.63, 3.8) is 0 Å². The second kappa shape index (κ2) is 7.05. The van der Waals surface area contributed by atoms with E-state index in [1.807, 2.05) is 43.3 Å². The average molecular weight is 333 g/mol. The van der Waals surface area contributed by atoms with Crippen LogP contribution in [0.2, 0.25) is 0 Å². The first-order valence-electron chi connectivity index (χ1n) is 7.99. The third-order valence-electron chi connectivity index (χ3n) is 3.82. The zero-order valence-corrected chi connectivity index (χ0v) is 13.9. The van der Waals surface area contributed by atoms with Gasteiger partial charge >= 0.3 is 0 Å². The highest BCUT2D eigenvalue weighted by molar-refractivity contribution is 6.07. The summed E-state index contributed by atoms with van der Waals surface area (Å²) in [5, 5.41) is 12.3. The van der Waals surface area contributed by atoms with E-state index in [1.165, 1.54) is 0 Å². The van der Waals surface area contributed by atoms with Crippen molar-refractivity contribution < 1.29 is 9.53 Å². The molecular formula is C20H19N3O2. The number of nitrogens with one attached hydrogen (secondary N) is 2. The van der Waals surface area contributed by atoms with Gasteiger partial charge in [-0.15, -0.1) is 0 Å². The number of hydrogen-bond donors (Lipinski definition) is 3. The normalized spacial score (nSPS) is 10.4. The van der Waals surface area contributed by atoms with Crippen molar-refractivity contribution in [3.8, 4) is 5.75 Å². The molecule has 3 aromatic carbocycles. The molecule has 0 heterocycles. The molecule has 0 spiro atoms. The molecule has 0 unspecified atom stereocenters. The molecular weight excluding hydrogens is 314 g/mol. The van der Waals surface area contributed by atoms with Crippen LogP contribution in [0.3, 0.4) is 0 Å². The van der Waals surface area contributed by atoms with E-state index in [-0.39, 0.29) is 11.7 Å². The Morgan fingerprint density at radius 3 is 2.48 bits per heavy atom. The maximum atomic E-state index is 12.5. The zero-order valence-electron chi connectivity index (χ0n) is 13.9. The van der Waals surface area contributed by atoms with Gasteiger partial charge < -0.3 is 15.8 Å². The Morgan fingerprint density at radius 1 is 1.04 bits per heavy atom. The van der Waals surface area contributed by atoms with Crippen LogP contribution < -0.4 is 15.8 Å². The molecule has 25 heavy (non-hydrogen) atoms. The van der Waals surface area contributed by atoms with Crippen molar-refractivity contribution in [2.24, 2.45) is 5.73 Å². The van der Waals surface area contributed by atoms with Gasteiger partial charge in [0.25, 0.3) is 5.91 Å². The molecule has 0 aromatic heterocycles. The van der Waals surface area contributed by atoms with Crippen molar-refractivity contribution in [1.82, 2.24) is 0 Å². The van der Waals surface area contributed by atoms with E-state index in [2.05, 4.69) is 5.32 Å². The Balaban J connectivity index is 1.86. The minimum atomic E-state index is -0.205. The second-order valence-corrected chi connectivity index (χ2v) is 5.61. The molecule has 3 aromatic rings. The third kappa shape index (κ3) is 3.77. The Bertz CT molecular complexity index is 951. The van der Waals surface area contributed by atoms with Crippen molar-refractivity contribution in [3.05, 3.63) is 71.8 Å². The molecule has 4 N–H and O–H groups in total. The highest BCUT2D eigenvalue weighted by atomic mass is 16.5. The highest BCUT2D eigenvalue weighted by Crippen LogP contribution is 2.21. The number of ether oxygens (including phenoxy) is 1. The molecule has 0 radical (unpaired) electrons. The van der Waals surface area contributed by atoms with Gasteiger partial charge in [-0.25, -0.2) is 0 Å². The number of benzene rings is 3. The number of nitrogen functional groups attached to an aromatic ring is 1. The van der Waals surface area contributed by atoms with E-state index < -0.39 is 0 Å². The predicted molar refractivity (Wildman–Crippen MR) is 101 cm³/mol. The fourth-order valence-corrected chi connectivity index (χ4v) is 2.59. The van der Waals surface area contributed by atoms with E-state index in [9.17, 15) is 4.79 Å². The maximum Gasteiger partial charge on any atom is 0.255 e. The van der Waals surface area contributed by atoms with Crippen LogP contribution >= 0.6 is 0 Å². The van der Waals surface area contributed by atoms with E-state index >= 15 is 0 Å². The van der Waals surface area contributed by atoms with Gasteiger partial charge in [0.2, 0.25) is 0 Å². The van der Waals surface area contributed by atoms with Crippen molar-refractivity contribution in [2.45, 2.75) is 6.92 Å². The molecule has 0 saturated heterocycles. The Hall–Kier alpha value is -3.34. The number of amides is 1. The number of fused-ring (bicyclic) bond motifs is 1. The lowest BCUT2D eigenvalue weighted by Crippen LogP contribution is -2.12. The molecule has 0 atom stereocenters. The summed E-state index contributed by atoms with van der Waals surface area (Å²) < 4.78 is 5.44. The van der Waals surface area contributed by atoms with E-state index in [4.69, 9.17) is 15.9 Å².